The second-order valence-electron chi connectivity index (χ2n) is 7.65. The Morgan fingerprint density at radius 2 is 1.45 bits per heavy atom. The van der Waals surface area contributed by atoms with Crippen molar-refractivity contribution in [3.63, 3.8) is 0 Å². The topological polar surface area (TPSA) is 46.5 Å². The fourth-order valence-electron chi connectivity index (χ4n) is 2.47. The van der Waals surface area contributed by atoms with Crippen molar-refractivity contribution in [3.8, 4) is 0 Å². The van der Waals surface area contributed by atoms with E-state index in [1.807, 2.05) is 19.1 Å². The van der Waals surface area contributed by atoms with Gasteiger partial charge in [0.1, 0.15) is 0 Å². The third-order valence-electron chi connectivity index (χ3n) is 3.46. The van der Waals surface area contributed by atoms with E-state index in [-0.39, 0.29) is 58.0 Å². The van der Waals surface area contributed by atoms with Crippen molar-refractivity contribution in [2.45, 2.75) is 66.2 Å². The summed E-state index contributed by atoms with van der Waals surface area (Å²) in [6.45, 7) is 16.3. The molecule has 124 valence electrons. The van der Waals surface area contributed by atoms with E-state index in [9.17, 15) is 9.46 Å². The van der Waals surface area contributed by atoms with E-state index in [0.717, 1.165) is 16.7 Å². The molecule has 0 aliphatic carbocycles. The first-order chi connectivity index (χ1) is 9.30. The van der Waals surface area contributed by atoms with Crippen molar-refractivity contribution in [1.82, 2.24) is 0 Å². The first kappa shape index (κ1) is 22.6. The van der Waals surface area contributed by atoms with E-state index in [1.165, 1.54) is 0 Å². The van der Waals surface area contributed by atoms with Crippen molar-refractivity contribution in [3.05, 3.63) is 28.8 Å². The molecule has 1 unspecified atom stereocenters. The number of hydrogen-bond acceptors (Lipinski definition) is 2. The van der Waals surface area contributed by atoms with Gasteiger partial charge in [-0.05, 0) is 35.8 Å². The van der Waals surface area contributed by atoms with Gasteiger partial charge in [-0.2, -0.15) is 0 Å². The summed E-state index contributed by atoms with van der Waals surface area (Å²) in [4.78, 5) is 10.5. The molecule has 0 aliphatic heterocycles. The van der Waals surface area contributed by atoms with Crippen LogP contribution in [-0.2, 0) is 19.9 Å². The molecule has 5 heteroatoms. The van der Waals surface area contributed by atoms with Gasteiger partial charge in [0.2, 0.25) is 0 Å². The largest absolute Gasteiger partial charge is 2.00 e. The van der Waals surface area contributed by atoms with Crippen LogP contribution in [0.2, 0.25) is 0 Å². The molecule has 0 radical (unpaired) electrons. The molecule has 0 bridgehead atoms. The van der Waals surface area contributed by atoms with E-state index < -0.39 is 7.60 Å². The summed E-state index contributed by atoms with van der Waals surface area (Å²) >= 11 is 0. The minimum Gasteiger partial charge on any atom is -1.00 e. The van der Waals surface area contributed by atoms with Crippen LogP contribution in [0.1, 0.15) is 68.0 Å². The summed E-state index contributed by atoms with van der Waals surface area (Å²) in [7, 11) is -3.83. The van der Waals surface area contributed by atoms with Crippen LogP contribution in [0.4, 0.5) is 0 Å². The molecule has 0 amide bonds. The van der Waals surface area contributed by atoms with Crippen LogP contribution in [0.25, 0.3) is 0 Å². The smallest absolute Gasteiger partial charge is 1.00 e. The van der Waals surface area contributed by atoms with Gasteiger partial charge in [0.25, 0.3) is 0 Å². The van der Waals surface area contributed by atoms with Crippen LogP contribution in [0.15, 0.2) is 12.1 Å². The Kier molecular flexibility index (Phi) is 7.90. The summed E-state index contributed by atoms with van der Waals surface area (Å²) in [6.07, 6.45) is 0. The number of hydrogen-bond donors (Lipinski definition) is 1. The molecule has 0 heterocycles. The maximum Gasteiger partial charge on any atom is 2.00 e. The average molecular weight is 354 g/mol. The Hall–Kier alpha value is 0.630. The third-order valence-corrected chi connectivity index (χ3v) is 5.11. The first-order valence-corrected chi connectivity index (χ1v) is 9.02. The maximum atomic E-state index is 12.8. The van der Waals surface area contributed by atoms with Crippen LogP contribution in [-0.4, -0.2) is 49.2 Å². The molecule has 0 saturated heterocycles. The van der Waals surface area contributed by atoms with Crippen molar-refractivity contribution < 1.29 is 16.8 Å². The monoisotopic (exact) mass is 354 g/mol. The van der Waals surface area contributed by atoms with Gasteiger partial charge in [-0.3, -0.25) is 4.57 Å². The number of rotatable bonds is 3. The molecule has 22 heavy (non-hydrogen) atoms. The molecular weight excluding hydrogens is 323 g/mol. The minimum absolute atomic E-state index is 0. The van der Waals surface area contributed by atoms with Crippen molar-refractivity contribution in [2.24, 2.45) is 0 Å². The van der Waals surface area contributed by atoms with Gasteiger partial charge in [-0.25, -0.2) is 0 Å². The second kappa shape index (κ2) is 7.68. The zero-order valence-corrected chi connectivity index (χ0v) is 18.4. The summed E-state index contributed by atoms with van der Waals surface area (Å²) in [5.74, 6) is 0. The van der Waals surface area contributed by atoms with E-state index in [4.69, 9.17) is 4.52 Å². The summed E-state index contributed by atoms with van der Waals surface area (Å²) in [5, 5.41) is 0.481. The standard InChI is InChI=1S/C17H29O3P.Ca.2H/c1-9-20-21(18,19)15-13(16(3,4)5)10-12(2)11-14(15)17(6,7)8;;;/h10-11H,9H2,1-8H3,(H,18,19);;;/q;+2;2*-1. The van der Waals surface area contributed by atoms with Gasteiger partial charge in [0, 0.05) is 0 Å². The van der Waals surface area contributed by atoms with Crippen LogP contribution in [0.3, 0.4) is 0 Å². The van der Waals surface area contributed by atoms with E-state index in [0.29, 0.717) is 5.30 Å². The van der Waals surface area contributed by atoms with Crippen LogP contribution in [0, 0.1) is 6.92 Å². The SMILES string of the molecule is CCOP(=O)(O)c1c(C(C)(C)C)cc(C)cc1C(C)(C)C.[Ca+2].[H-].[H-]. The predicted octanol–water partition coefficient (Wildman–Crippen LogP) is 4.28. The summed E-state index contributed by atoms with van der Waals surface area (Å²) < 4.78 is 18.0. The fraction of sp³-hybridized carbons (Fsp3) is 0.647. The third kappa shape index (κ3) is 5.33. The zero-order chi connectivity index (χ0) is 16.6. The van der Waals surface area contributed by atoms with Crippen molar-refractivity contribution in [2.75, 3.05) is 6.61 Å². The average Bonchev–Trinajstić information content (AvgIpc) is 2.24. The van der Waals surface area contributed by atoms with E-state index in [1.54, 1.807) is 6.92 Å². The maximum absolute atomic E-state index is 12.8. The van der Waals surface area contributed by atoms with E-state index in [2.05, 4.69) is 41.5 Å². The molecule has 1 aromatic rings. The second-order valence-corrected chi connectivity index (χ2v) is 9.39. The van der Waals surface area contributed by atoms with Gasteiger partial charge in [-0.15, -0.1) is 0 Å². The molecule has 0 aromatic heterocycles. The molecule has 0 saturated carbocycles. The zero-order valence-electron chi connectivity index (χ0n) is 17.3. The summed E-state index contributed by atoms with van der Waals surface area (Å²) in [6, 6.07) is 4.01. The number of aryl methyl sites for hydroxylation is 1. The first-order valence-electron chi connectivity index (χ1n) is 7.44. The normalized spacial score (nSPS) is 15.1. The molecule has 1 rings (SSSR count). The van der Waals surface area contributed by atoms with Gasteiger partial charge in [0.05, 0.1) is 11.9 Å². The van der Waals surface area contributed by atoms with E-state index >= 15 is 0 Å². The van der Waals surface area contributed by atoms with Crippen molar-refractivity contribution >= 4 is 50.6 Å². The van der Waals surface area contributed by atoms with Gasteiger partial charge < -0.3 is 12.3 Å². The fourth-order valence-corrected chi connectivity index (χ4v) is 4.35. The van der Waals surface area contributed by atoms with Crippen molar-refractivity contribution in [1.29, 1.82) is 0 Å². The molecular formula is C17H31CaO3P. The molecule has 3 nitrogen and oxygen atoms in total. The minimum atomic E-state index is -3.83. The van der Waals surface area contributed by atoms with Gasteiger partial charge in [0.15, 0.2) is 0 Å². The Labute approximate surface area is 168 Å². The molecule has 1 atom stereocenters. The molecule has 0 fully saturated rings. The summed E-state index contributed by atoms with van der Waals surface area (Å²) in [5.41, 5.74) is 2.44. The number of benzene rings is 1. The predicted molar refractivity (Wildman–Crippen MR) is 97.6 cm³/mol. The van der Waals surface area contributed by atoms with Crippen LogP contribution in [0.5, 0.6) is 0 Å². The van der Waals surface area contributed by atoms with Gasteiger partial charge >= 0.3 is 45.3 Å². The molecule has 1 aromatic carbocycles. The Bertz CT molecular complexity index is 543. The van der Waals surface area contributed by atoms with Crippen LogP contribution < -0.4 is 5.30 Å². The molecule has 1 N–H and O–H groups in total. The Balaban J connectivity index is -0.00000147. The Morgan fingerprint density at radius 3 is 1.73 bits per heavy atom. The molecule has 0 spiro atoms. The van der Waals surface area contributed by atoms with Crippen LogP contribution >= 0.6 is 7.60 Å². The Morgan fingerprint density at radius 1 is 1.09 bits per heavy atom. The van der Waals surface area contributed by atoms with Gasteiger partial charge in [-0.1, -0.05) is 59.2 Å². The quantitative estimate of drug-likeness (QED) is 0.651. The molecule has 0 aliphatic rings.